The molecule has 0 aliphatic carbocycles. The molecular formula is C16H18BrNO. The first-order chi connectivity index (χ1) is 9.06. The van der Waals surface area contributed by atoms with Gasteiger partial charge in [-0.3, -0.25) is 0 Å². The van der Waals surface area contributed by atoms with E-state index in [0.29, 0.717) is 12.3 Å². The van der Waals surface area contributed by atoms with Gasteiger partial charge in [-0.1, -0.05) is 45.8 Å². The van der Waals surface area contributed by atoms with Crippen molar-refractivity contribution >= 4 is 15.9 Å². The Balaban J connectivity index is 2.02. The van der Waals surface area contributed by atoms with Crippen molar-refractivity contribution in [3.05, 3.63) is 63.6 Å². The van der Waals surface area contributed by atoms with Crippen LogP contribution in [0.1, 0.15) is 29.7 Å². The SMILES string of the molecule is Cc1ccc([C@H](C)NCc2cc(Br)ccc2O)cc1. The topological polar surface area (TPSA) is 32.3 Å². The van der Waals surface area contributed by atoms with Crippen molar-refractivity contribution in [1.29, 1.82) is 0 Å². The molecule has 2 aromatic rings. The number of nitrogens with one attached hydrogen (secondary N) is 1. The van der Waals surface area contributed by atoms with Gasteiger partial charge in [0.1, 0.15) is 5.75 Å². The molecule has 0 saturated carbocycles. The fourth-order valence-corrected chi connectivity index (χ4v) is 2.34. The van der Waals surface area contributed by atoms with E-state index in [1.807, 2.05) is 12.1 Å². The monoisotopic (exact) mass is 319 g/mol. The second-order valence-corrected chi connectivity index (χ2v) is 5.70. The van der Waals surface area contributed by atoms with Gasteiger partial charge in [0.25, 0.3) is 0 Å². The summed E-state index contributed by atoms with van der Waals surface area (Å²) in [6.45, 7) is 4.85. The molecule has 1 atom stereocenters. The van der Waals surface area contributed by atoms with Crippen molar-refractivity contribution in [2.75, 3.05) is 0 Å². The fourth-order valence-electron chi connectivity index (χ4n) is 1.93. The van der Waals surface area contributed by atoms with Crippen LogP contribution in [0.3, 0.4) is 0 Å². The third-order valence-corrected chi connectivity index (χ3v) is 3.71. The third kappa shape index (κ3) is 3.82. The van der Waals surface area contributed by atoms with E-state index in [0.717, 1.165) is 10.0 Å². The number of phenols is 1. The average molecular weight is 320 g/mol. The largest absolute Gasteiger partial charge is 0.508 e. The van der Waals surface area contributed by atoms with Gasteiger partial charge in [-0.15, -0.1) is 0 Å². The summed E-state index contributed by atoms with van der Waals surface area (Å²) in [6, 6.07) is 14.2. The van der Waals surface area contributed by atoms with Crippen LogP contribution in [0.15, 0.2) is 46.9 Å². The molecule has 0 radical (unpaired) electrons. The van der Waals surface area contributed by atoms with Crippen molar-refractivity contribution in [3.63, 3.8) is 0 Å². The van der Waals surface area contributed by atoms with Crippen LogP contribution in [0.5, 0.6) is 5.75 Å². The molecule has 0 heterocycles. The molecule has 2 N–H and O–H groups in total. The molecular weight excluding hydrogens is 302 g/mol. The highest BCUT2D eigenvalue weighted by Gasteiger charge is 2.07. The van der Waals surface area contributed by atoms with Gasteiger partial charge in [-0.05, 0) is 37.6 Å². The lowest BCUT2D eigenvalue weighted by Crippen LogP contribution is -2.18. The molecule has 2 aromatic carbocycles. The first-order valence-electron chi connectivity index (χ1n) is 6.33. The second-order valence-electron chi connectivity index (χ2n) is 4.79. The Morgan fingerprint density at radius 1 is 1.16 bits per heavy atom. The van der Waals surface area contributed by atoms with Crippen molar-refractivity contribution in [3.8, 4) is 5.75 Å². The number of aryl methyl sites for hydroxylation is 1. The van der Waals surface area contributed by atoms with E-state index in [1.165, 1.54) is 11.1 Å². The van der Waals surface area contributed by atoms with Crippen molar-refractivity contribution < 1.29 is 5.11 Å². The van der Waals surface area contributed by atoms with E-state index in [9.17, 15) is 5.11 Å². The minimum atomic E-state index is 0.249. The molecule has 0 aliphatic heterocycles. The Labute approximate surface area is 122 Å². The number of halogens is 1. The first kappa shape index (κ1) is 14.1. The average Bonchev–Trinajstić information content (AvgIpc) is 2.40. The van der Waals surface area contributed by atoms with Crippen molar-refractivity contribution in [2.45, 2.75) is 26.4 Å². The van der Waals surface area contributed by atoms with E-state index in [2.05, 4.69) is 59.4 Å². The molecule has 0 aliphatic rings. The lowest BCUT2D eigenvalue weighted by Gasteiger charge is -2.15. The summed E-state index contributed by atoms with van der Waals surface area (Å²) in [5.41, 5.74) is 3.41. The van der Waals surface area contributed by atoms with Crippen molar-refractivity contribution in [2.24, 2.45) is 0 Å². The number of phenolic OH excluding ortho intramolecular Hbond substituents is 1. The van der Waals surface area contributed by atoms with Gasteiger partial charge in [0, 0.05) is 22.6 Å². The Kier molecular flexibility index (Phi) is 4.61. The van der Waals surface area contributed by atoms with E-state index >= 15 is 0 Å². The summed E-state index contributed by atoms with van der Waals surface area (Å²) < 4.78 is 0.977. The maximum atomic E-state index is 9.79. The summed E-state index contributed by atoms with van der Waals surface area (Å²) in [7, 11) is 0. The van der Waals surface area contributed by atoms with E-state index < -0.39 is 0 Å². The number of benzene rings is 2. The third-order valence-electron chi connectivity index (χ3n) is 3.22. The summed E-state index contributed by atoms with van der Waals surface area (Å²) in [5.74, 6) is 0.326. The molecule has 2 nitrogen and oxygen atoms in total. The number of aromatic hydroxyl groups is 1. The quantitative estimate of drug-likeness (QED) is 0.879. The molecule has 19 heavy (non-hydrogen) atoms. The molecule has 0 fully saturated rings. The van der Waals surface area contributed by atoms with Crippen LogP contribution < -0.4 is 5.32 Å². The highest BCUT2D eigenvalue weighted by molar-refractivity contribution is 9.10. The first-order valence-corrected chi connectivity index (χ1v) is 7.13. The van der Waals surface area contributed by atoms with Crippen LogP contribution in [0.4, 0.5) is 0 Å². The molecule has 0 amide bonds. The van der Waals surface area contributed by atoms with Gasteiger partial charge in [0.05, 0.1) is 0 Å². The number of hydrogen-bond donors (Lipinski definition) is 2. The van der Waals surface area contributed by atoms with Crippen LogP contribution in [0.25, 0.3) is 0 Å². The molecule has 0 unspecified atom stereocenters. The molecule has 0 aromatic heterocycles. The molecule has 0 saturated heterocycles. The van der Waals surface area contributed by atoms with E-state index in [1.54, 1.807) is 6.07 Å². The molecule has 2 rings (SSSR count). The van der Waals surface area contributed by atoms with Crippen LogP contribution in [-0.4, -0.2) is 5.11 Å². The molecule has 0 bridgehead atoms. The van der Waals surface area contributed by atoms with Gasteiger partial charge in [-0.25, -0.2) is 0 Å². The number of rotatable bonds is 4. The van der Waals surface area contributed by atoms with Gasteiger partial charge < -0.3 is 10.4 Å². The molecule has 3 heteroatoms. The Bertz CT molecular complexity index is 551. The summed E-state index contributed by atoms with van der Waals surface area (Å²) in [4.78, 5) is 0. The number of hydrogen-bond acceptors (Lipinski definition) is 2. The van der Waals surface area contributed by atoms with E-state index in [4.69, 9.17) is 0 Å². The summed E-state index contributed by atoms with van der Waals surface area (Å²) >= 11 is 3.42. The molecule has 100 valence electrons. The van der Waals surface area contributed by atoms with Crippen LogP contribution >= 0.6 is 15.9 Å². The zero-order valence-corrected chi connectivity index (χ0v) is 12.7. The minimum Gasteiger partial charge on any atom is -0.508 e. The van der Waals surface area contributed by atoms with Gasteiger partial charge in [0.2, 0.25) is 0 Å². The fraction of sp³-hybridized carbons (Fsp3) is 0.250. The lowest BCUT2D eigenvalue weighted by molar-refractivity contribution is 0.460. The lowest BCUT2D eigenvalue weighted by atomic mass is 10.1. The van der Waals surface area contributed by atoms with Gasteiger partial charge in [0.15, 0.2) is 0 Å². The summed E-state index contributed by atoms with van der Waals surface area (Å²) in [5, 5.41) is 13.2. The Morgan fingerprint density at radius 3 is 2.53 bits per heavy atom. The highest BCUT2D eigenvalue weighted by atomic mass is 79.9. The predicted molar refractivity (Wildman–Crippen MR) is 82.2 cm³/mol. The smallest absolute Gasteiger partial charge is 0.120 e. The summed E-state index contributed by atoms with van der Waals surface area (Å²) in [6.07, 6.45) is 0. The minimum absolute atomic E-state index is 0.249. The standard InChI is InChI=1S/C16H18BrNO/c1-11-3-5-13(6-4-11)12(2)18-10-14-9-15(17)7-8-16(14)19/h3-9,12,18-19H,10H2,1-2H3/t12-/m0/s1. The van der Waals surface area contributed by atoms with E-state index in [-0.39, 0.29) is 6.04 Å². The van der Waals surface area contributed by atoms with Crippen LogP contribution in [0.2, 0.25) is 0 Å². The van der Waals surface area contributed by atoms with Crippen molar-refractivity contribution in [1.82, 2.24) is 5.32 Å². The van der Waals surface area contributed by atoms with Gasteiger partial charge in [-0.2, -0.15) is 0 Å². The predicted octanol–water partition coefficient (Wildman–Crippen LogP) is 4.31. The van der Waals surface area contributed by atoms with Crippen LogP contribution in [0, 0.1) is 6.92 Å². The zero-order chi connectivity index (χ0) is 13.8. The highest BCUT2D eigenvalue weighted by Crippen LogP contribution is 2.22. The zero-order valence-electron chi connectivity index (χ0n) is 11.2. The Morgan fingerprint density at radius 2 is 1.84 bits per heavy atom. The Hall–Kier alpha value is -1.32. The normalized spacial score (nSPS) is 12.4. The van der Waals surface area contributed by atoms with Gasteiger partial charge >= 0.3 is 0 Å². The maximum Gasteiger partial charge on any atom is 0.120 e. The molecule has 0 spiro atoms. The maximum absolute atomic E-state index is 9.79. The van der Waals surface area contributed by atoms with Crippen LogP contribution in [-0.2, 0) is 6.54 Å². The second kappa shape index (κ2) is 6.22.